The minimum atomic E-state index is -0.0660. The average molecular weight is 469 g/mol. The van der Waals surface area contributed by atoms with Gasteiger partial charge < -0.3 is 9.47 Å². The molecule has 0 N–H and O–H groups in total. The highest BCUT2D eigenvalue weighted by atomic mass is 16.5. The Morgan fingerprint density at radius 1 is 0.576 bits per heavy atom. The third-order valence-corrected chi connectivity index (χ3v) is 6.16. The zero-order valence-corrected chi connectivity index (χ0v) is 22.6. The molecule has 4 nitrogen and oxygen atoms in total. The summed E-state index contributed by atoms with van der Waals surface area (Å²) in [5.74, 6) is 0.443. The lowest BCUT2D eigenvalue weighted by Crippen LogP contribution is -2.16. The van der Waals surface area contributed by atoms with Gasteiger partial charge in [0.1, 0.15) is 0 Å². The van der Waals surface area contributed by atoms with Crippen molar-refractivity contribution in [2.75, 3.05) is 6.61 Å². The molecule has 1 unspecified atom stereocenters. The minimum absolute atomic E-state index is 0.0205. The van der Waals surface area contributed by atoms with Gasteiger partial charge in [-0.05, 0) is 38.5 Å². The van der Waals surface area contributed by atoms with Gasteiger partial charge in [-0.15, -0.1) is 0 Å². The number of carbonyl (C=O) groups is 2. The molecule has 0 aromatic heterocycles. The van der Waals surface area contributed by atoms with Crippen molar-refractivity contribution in [2.24, 2.45) is 5.92 Å². The van der Waals surface area contributed by atoms with Gasteiger partial charge in [-0.25, -0.2) is 0 Å². The largest absolute Gasteiger partial charge is 0.466 e. The van der Waals surface area contributed by atoms with E-state index in [1.54, 1.807) is 0 Å². The van der Waals surface area contributed by atoms with Crippen molar-refractivity contribution in [1.29, 1.82) is 0 Å². The second-order valence-electron chi connectivity index (χ2n) is 10.3. The van der Waals surface area contributed by atoms with E-state index in [-0.39, 0.29) is 18.0 Å². The van der Waals surface area contributed by atoms with E-state index in [1.807, 2.05) is 6.92 Å². The van der Waals surface area contributed by atoms with Gasteiger partial charge in [0.05, 0.1) is 12.7 Å². The summed E-state index contributed by atoms with van der Waals surface area (Å²) in [6, 6.07) is 0. The van der Waals surface area contributed by atoms with Crippen molar-refractivity contribution in [3.8, 4) is 0 Å². The molecule has 4 heteroatoms. The van der Waals surface area contributed by atoms with Crippen LogP contribution in [-0.4, -0.2) is 24.6 Å². The van der Waals surface area contributed by atoms with Gasteiger partial charge in [0, 0.05) is 12.8 Å². The highest BCUT2D eigenvalue weighted by Gasteiger charge is 2.10. The first-order valence-electron chi connectivity index (χ1n) is 14.3. The molecular weight excluding hydrogens is 412 g/mol. The normalized spacial score (nSPS) is 12.2. The molecule has 0 saturated heterocycles. The molecule has 0 aromatic rings. The zero-order valence-electron chi connectivity index (χ0n) is 22.6. The zero-order chi connectivity index (χ0) is 24.6. The van der Waals surface area contributed by atoms with E-state index in [2.05, 4.69) is 20.8 Å². The SMILES string of the molecule is CCCCCCCCCCCCCOC(=O)CCCCCCCCC(=O)OC(C)CC(C)C. The number of hydrogen-bond acceptors (Lipinski definition) is 4. The molecule has 0 aliphatic heterocycles. The first kappa shape index (κ1) is 31.9. The molecule has 0 aromatic carbocycles. The lowest BCUT2D eigenvalue weighted by Gasteiger charge is -2.15. The maximum atomic E-state index is 11.8. The predicted molar refractivity (Wildman–Crippen MR) is 139 cm³/mol. The van der Waals surface area contributed by atoms with E-state index in [0.29, 0.717) is 25.4 Å². The van der Waals surface area contributed by atoms with Crippen LogP contribution < -0.4 is 0 Å². The van der Waals surface area contributed by atoms with Crippen LogP contribution in [-0.2, 0) is 19.1 Å². The smallest absolute Gasteiger partial charge is 0.306 e. The Balaban J connectivity index is 3.31. The fourth-order valence-electron chi connectivity index (χ4n) is 4.27. The molecule has 0 aliphatic rings. The molecule has 0 radical (unpaired) electrons. The number of unbranched alkanes of at least 4 members (excludes halogenated alkanes) is 15. The van der Waals surface area contributed by atoms with Crippen molar-refractivity contribution in [3.63, 3.8) is 0 Å². The topological polar surface area (TPSA) is 52.6 Å². The standard InChI is InChI=1S/C29H56O4/c1-5-6-7-8-9-10-11-12-15-18-21-24-32-28(30)22-19-16-13-14-17-20-23-29(31)33-27(4)25-26(2)3/h26-27H,5-25H2,1-4H3. The van der Waals surface area contributed by atoms with Crippen molar-refractivity contribution >= 4 is 11.9 Å². The highest BCUT2D eigenvalue weighted by Crippen LogP contribution is 2.13. The van der Waals surface area contributed by atoms with Crippen molar-refractivity contribution < 1.29 is 19.1 Å². The summed E-state index contributed by atoms with van der Waals surface area (Å²) in [4.78, 5) is 23.6. The monoisotopic (exact) mass is 468 g/mol. The van der Waals surface area contributed by atoms with Crippen LogP contribution in [0.3, 0.4) is 0 Å². The number of carbonyl (C=O) groups excluding carboxylic acids is 2. The summed E-state index contributed by atoms with van der Waals surface area (Å²) >= 11 is 0. The lowest BCUT2D eigenvalue weighted by molar-refractivity contribution is -0.149. The maximum absolute atomic E-state index is 11.8. The highest BCUT2D eigenvalue weighted by molar-refractivity contribution is 5.69. The summed E-state index contributed by atoms with van der Waals surface area (Å²) in [5, 5.41) is 0. The maximum Gasteiger partial charge on any atom is 0.306 e. The molecule has 0 bridgehead atoms. The second-order valence-corrected chi connectivity index (χ2v) is 10.3. The number of esters is 2. The Bertz CT molecular complexity index is 447. The third-order valence-electron chi connectivity index (χ3n) is 6.16. The summed E-state index contributed by atoms with van der Waals surface area (Å²) < 4.78 is 10.8. The molecular formula is C29H56O4. The summed E-state index contributed by atoms with van der Waals surface area (Å²) in [6.45, 7) is 9.11. The molecule has 1 atom stereocenters. The van der Waals surface area contributed by atoms with E-state index in [1.165, 1.54) is 64.2 Å². The van der Waals surface area contributed by atoms with E-state index in [9.17, 15) is 9.59 Å². The van der Waals surface area contributed by atoms with Crippen LogP contribution in [0.25, 0.3) is 0 Å². The Morgan fingerprint density at radius 3 is 1.48 bits per heavy atom. The van der Waals surface area contributed by atoms with E-state index in [0.717, 1.165) is 51.4 Å². The van der Waals surface area contributed by atoms with Gasteiger partial charge in [0.2, 0.25) is 0 Å². The van der Waals surface area contributed by atoms with Gasteiger partial charge in [0.25, 0.3) is 0 Å². The quantitative estimate of drug-likeness (QED) is 0.105. The van der Waals surface area contributed by atoms with Crippen LogP contribution >= 0.6 is 0 Å². The van der Waals surface area contributed by atoms with Gasteiger partial charge >= 0.3 is 11.9 Å². The summed E-state index contributed by atoms with van der Waals surface area (Å²) in [6.07, 6.45) is 22.5. The Hall–Kier alpha value is -1.06. The van der Waals surface area contributed by atoms with Gasteiger partial charge in [-0.1, -0.05) is 111 Å². The average Bonchev–Trinajstić information content (AvgIpc) is 2.75. The minimum Gasteiger partial charge on any atom is -0.466 e. The summed E-state index contributed by atoms with van der Waals surface area (Å²) in [7, 11) is 0. The lowest BCUT2D eigenvalue weighted by atomic mass is 10.1. The third kappa shape index (κ3) is 25.4. The molecule has 0 spiro atoms. The van der Waals surface area contributed by atoms with Crippen molar-refractivity contribution in [2.45, 2.75) is 162 Å². The number of ether oxygens (including phenoxy) is 2. The molecule has 0 heterocycles. The Kier molecular flexibility index (Phi) is 23.3. The number of rotatable bonds is 24. The van der Waals surface area contributed by atoms with Crippen LogP contribution in [0.15, 0.2) is 0 Å². The first-order valence-corrected chi connectivity index (χ1v) is 14.3. The molecule has 0 fully saturated rings. The van der Waals surface area contributed by atoms with E-state index >= 15 is 0 Å². The van der Waals surface area contributed by atoms with E-state index < -0.39 is 0 Å². The van der Waals surface area contributed by atoms with Gasteiger partial charge in [-0.3, -0.25) is 9.59 Å². The predicted octanol–water partition coefficient (Wildman–Crippen LogP) is 8.94. The fourth-order valence-corrected chi connectivity index (χ4v) is 4.27. The van der Waals surface area contributed by atoms with Crippen LogP contribution in [0.2, 0.25) is 0 Å². The second kappa shape index (κ2) is 24.1. The first-order chi connectivity index (χ1) is 16.0. The fraction of sp³-hybridized carbons (Fsp3) is 0.931. The van der Waals surface area contributed by atoms with Crippen molar-refractivity contribution in [3.05, 3.63) is 0 Å². The van der Waals surface area contributed by atoms with Crippen LogP contribution in [0, 0.1) is 5.92 Å². The van der Waals surface area contributed by atoms with Crippen LogP contribution in [0.4, 0.5) is 0 Å². The Labute approximate surface area is 206 Å². The van der Waals surface area contributed by atoms with Crippen LogP contribution in [0.5, 0.6) is 0 Å². The number of hydrogen-bond donors (Lipinski definition) is 0. The van der Waals surface area contributed by atoms with Crippen molar-refractivity contribution in [1.82, 2.24) is 0 Å². The molecule has 0 aliphatic carbocycles. The summed E-state index contributed by atoms with van der Waals surface area (Å²) in [5.41, 5.74) is 0. The van der Waals surface area contributed by atoms with Gasteiger partial charge in [-0.2, -0.15) is 0 Å². The molecule has 0 saturated carbocycles. The molecule has 0 rings (SSSR count). The van der Waals surface area contributed by atoms with E-state index in [4.69, 9.17) is 9.47 Å². The van der Waals surface area contributed by atoms with Crippen LogP contribution in [0.1, 0.15) is 156 Å². The van der Waals surface area contributed by atoms with Gasteiger partial charge in [0.15, 0.2) is 0 Å². The molecule has 0 amide bonds. The molecule has 33 heavy (non-hydrogen) atoms. The Morgan fingerprint density at radius 2 is 1.00 bits per heavy atom. The molecule has 196 valence electrons.